The standard InChI is InChI=1S/C35H31N3/c1-23(25-11-6-5-7-12-25)21-26-13-8-9-14-29(26)28-15-10-16-32(24(28)2)38-27-17-18-30-31(22-27)35(3,4)34-33(30)36-19-20-37-34/h5-20,22,38H,1,21H2,2-4H3. The van der Waals surface area contributed by atoms with Crippen molar-refractivity contribution in [1.82, 2.24) is 9.97 Å². The zero-order valence-electron chi connectivity index (χ0n) is 22.1. The summed E-state index contributed by atoms with van der Waals surface area (Å²) in [4.78, 5) is 9.29. The highest BCUT2D eigenvalue weighted by Crippen LogP contribution is 2.47. The van der Waals surface area contributed by atoms with Crippen LogP contribution >= 0.6 is 0 Å². The zero-order chi connectivity index (χ0) is 26.3. The summed E-state index contributed by atoms with van der Waals surface area (Å²) in [5.74, 6) is 0. The smallest absolute Gasteiger partial charge is 0.0929 e. The van der Waals surface area contributed by atoms with Crippen LogP contribution in [-0.4, -0.2) is 9.97 Å². The van der Waals surface area contributed by atoms with Crippen molar-refractivity contribution in [2.45, 2.75) is 32.6 Å². The maximum Gasteiger partial charge on any atom is 0.0929 e. The number of rotatable bonds is 6. The van der Waals surface area contributed by atoms with E-state index in [-0.39, 0.29) is 5.41 Å². The summed E-state index contributed by atoms with van der Waals surface area (Å²) in [5.41, 5.74) is 13.7. The Balaban J connectivity index is 1.32. The van der Waals surface area contributed by atoms with E-state index in [1.165, 1.54) is 38.9 Å². The SMILES string of the molecule is C=C(Cc1ccccc1-c1cccc(Nc2ccc3c(c2)C(C)(C)c2nccnc2-3)c1C)c1ccccc1. The number of anilines is 2. The zero-order valence-corrected chi connectivity index (χ0v) is 22.1. The fourth-order valence-corrected chi connectivity index (χ4v) is 5.63. The summed E-state index contributed by atoms with van der Waals surface area (Å²) in [6.45, 7) is 11.0. The predicted molar refractivity (Wildman–Crippen MR) is 159 cm³/mol. The number of hydrogen-bond acceptors (Lipinski definition) is 3. The van der Waals surface area contributed by atoms with E-state index in [4.69, 9.17) is 0 Å². The molecule has 0 saturated carbocycles. The first kappa shape index (κ1) is 23.9. The Morgan fingerprint density at radius 3 is 2.37 bits per heavy atom. The molecule has 0 spiro atoms. The summed E-state index contributed by atoms with van der Waals surface area (Å²) in [6.07, 6.45) is 4.37. The minimum Gasteiger partial charge on any atom is -0.355 e. The van der Waals surface area contributed by atoms with Crippen molar-refractivity contribution >= 4 is 16.9 Å². The minimum absolute atomic E-state index is 0.187. The minimum atomic E-state index is -0.187. The Morgan fingerprint density at radius 1 is 0.789 bits per heavy atom. The van der Waals surface area contributed by atoms with Gasteiger partial charge in [0.2, 0.25) is 0 Å². The molecule has 0 atom stereocenters. The molecule has 0 unspecified atom stereocenters. The molecule has 0 saturated heterocycles. The van der Waals surface area contributed by atoms with Gasteiger partial charge in [-0.1, -0.05) is 93.2 Å². The summed E-state index contributed by atoms with van der Waals surface area (Å²) in [5, 5.41) is 3.70. The van der Waals surface area contributed by atoms with Crippen LogP contribution in [0.2, 0.25) is 0 Å². The van der Waals surface area contributed by atoms with Gasteiger partial charge < -0.3 is 5.32 Å². The van der Waals surface area contributed by atoms with Crippen LogP contribution in [0, 0.1) is 6.92 Å². The largest absolute Gasteiger partial charge is 0.355 e. The second-order valence-corrected chi connectivity index (χ2v) is 10.5. The highest BCUT2D eigenvalue weighted by Gasteiger charge is 2.37. The summed E-state index contributed by atoms with van der Waals surface area (Å²) in [6, 6.07) is 32.2. The van der Waals surface area contributed by atoms with Crippen LogP contribution in [0.15, 0.2) is 110 Å². The molecule has 4 aromatic carbocycles. The number of nitrogens with one attached hydrogen (secondary N) is 1. The van der Waals surface area contributed by atoms with Crippen LogP contribution in [0.1, 0.15) is 41.8 Å². The molecule has 1 aliphatic carbocycles. The number of nitrogens with zero attached hydrogens (tertiary/aromatic N) is 2. The number of allylic oxidation sites excluding steroid dienone is 1. The third-order valence-corrected chi connectivity index (χ3v) is 7.74. The molecule has 1 aromatic heterocycles. The van der Waals surface area contributed by atoms with E-state index in [0.717, 1.165) is 34.8 Å². The van der Waals surface area contributed by atoms with Gasteiger partial charge in [0, 0.05) is 34.7 Å². The third kappa shape index (κ3) is 4.10. The van der Waals surface area contributed by atoms with E-state index >= 15 is 0 Å². The molecule has 0 radical (unpaired) electrons. The molecule has 186 valence electrons. The first-order valence-corrected chi connectivity index (χ1v) is 13.1. The molecule has 0 aliphatic heterocycles. The molecule has 38 heavy (non-hydrogen) atoms. The maximum absolute atomic E-state index is 4.66. The predicted octanol–water partition coefficient (Wildman–Crippen LogP) is 8.76. The van der Waals surface area contributed by atoms with E-state index in [1.807, 2.05) is 6.07 Å². The van der Waals surface area contributed by atoms with Gasteiger partial charge in [-0.25, -0.2) is 0 Å². The molecule has 5 aromatic rings. The second-order valence-electron chi connectivity index (χ2n) is 10.5. The normalized spacial score (nSPS) is 13.0. The quantitative estimate of drug-likeness (QED) is 0.257. The van der Waals surface area contributed by atoms with Crippen LogP contribution in [0.5, 0.6) is 0 Å². The topological polar surface area (TPSA) is 37.8 Å². The molecule has 6 rings (SSSR count). The Bertz CT molecular complexity index is 1660. The van der Waals surface area contributed by atoms with Gasteiger partial charge in [-0.2, -0.15) is 0 Å². The molecular formula is C35H31N3. The number of fused-ring (bicyclic) bond motifs is 3. The van der Waals surface area contributed by atoms with E-state index in [9.17, 15) is 0 Å². The molecule has 1 heterocycles. The van der Waals surface area contributed by atoms with Gasteiger partial charge in [0.25, 0.3) is 0 Å². The second kappa shape index (κ2) is 9.42. The first-order chi connectivity index (χ1) is 18.4. The maximum atomic E-state index is 4.66. The van der Waals surface area contributed by atoms with Gasteiger partial charge in [-0.3, -0.25) is 9.97 Å². The summed E-state index contributed by atoms with van der Waals surface area (Å²) >= 11 is 0. The first-order valence-electron chi connectivity index (χ1n) is 13.1. The van der Waals surface area contributed by atoms with Crippen LogP contribution in [-0.2, 0) is 11.8 Å². The van der Waals surface area contributed by atoms with Crippen LogP contribution in [0.3, 0.4) is 0 Å². The van der Waals surface area contributed by atoms with Crippen LogP contribution in [0.25, 0.3) is 28.0 Å². The van der Waals surface area contributed by atoms with Crippen LogP contribution in [0.4, 0.5) is 11.4 Å². The monoisotopic (exact) mass is 493 g/mol. The van der Waals surface area contributed by atoms with Gasteiger partial charge in [-0.15, -0.1) is 0 Å². The molecule has 0 bridgehead atoms. The third-order valence-electron chi connectivity index (χ3n) is 7.74. The Kier molecular flexibility index (Phi) is 5.92. The highest BCUT2D eigenvalue weighted by molar-refractivity contribution is 5.82. The van der Waals surface area contributed by atoms with Crippen molar-refractivity contribution in [3.63, 3.8) is 0 Å². The average Bonchev–Trinajstić information content (AvgIpc) is 3.17. The fourth-order valence-electron chi connectivity index (χ4n) is 5.63. The fraction of sp³-hybridized carbons (Fsp3) is 0.143. The molecule has 1 aliphatic rings. The molecular weight excluding hydrogens is 462 g/mol. The van der Waals surface area contributed by atoms with E-state index in [2.05, 4.69) is 128 Å². The van der Waals surface area contributed by atoms with Crippen molar-refractivity contribution < 1.29 is 0 Å². The summed E-state index contributed by atoms with van der Waals surface area (Å²) in [7, 11) is 0. The molecule has 1 N–H and O–H groups in total. The van der Waals surface area contributed by atoms with Crippen molar-refractivity contribution in [2.24, 2.45) is 0 Å². The van der Waals surface area contributed by atoms with Gasteiger partial charge in [-0.05, 0) is 70.5 Å². The Morgan fingerprint density at radius 2 is 1.53 bits per heavy atom. The molecule has 3 nitrogen and oxygen atoms in total. The average molecular weight is 494 g/mol. The number of benzene rings is 4. The van der Waals surface area contributed by atoms with E-state index in [1.54, 1.807) is 12.4 Å². The lowest BCUT2D eigenvalue weighted by molar-refractivity contribution is 0.635. The lowest BCUT2D eigenvalue weighted by Crippen LogP contribution is -2.16. The van der Waals surface area contributed by atoms with Gasteiger partial charge in [0.05, 0.1) is 11.4 Å². The van der Waals surface area contributed by atoms with Crippen molar-refractivity contribution in [1.29, 1.82) is 0 Å². The molecule has 0 fully saturated rings. The van der Waals surface area contributed by atoms with E-state index < -0.39 is 0 Å². The molecule has 0 amide bonds. The van der Waals surface area contributed by atoms with E-state index in [0.29, 0.717) is 0 Å². The Labute approximate surface area is 225 Å². The van der Waals surface area contributed by atoms with Crippen molar-refractivity contribution in [3.05, 3.63) is 138 Å². The highest BCUT2D eigenvalue weighted by atomic mass is 14.9. The van der Waals surface area contributed by atoms with Gasteiger partial charge in [0.1, 0.15) is 0 Å². The summed E-state index contributed by atoms with van der Waals surface area (Å²) < 4.78 is 0. The van der Waals surface area contributed by atoms with Crippen molar-refractivity contribution in [3.8, 4) is 22.4 Å². The number of hydrogen-bond donors (Lipinski definition) is 1. The van der Waals surface area contributed by atoms with Crippen LogP contribution < -0.4 is 5.32 Å². The van der Waals surface area contributed by atoms with Gasteiger partial charge >= 0.3 is 0 Å². The lowest BCUT2D eigenvalue weighted by Gasteiger charge is -2.21. The lowest BCUT2D eigenvalue weighted by atomic mass is 9.85. The molecule has 3 heteroatoms. The van der Waals surface area contributed by atoms with Crippen molar-refractivity contribution in [2.75, 3.05) is 5.32 Å². The Hall–Kier alpha value is -4.50. The van der Waals surface area contributed by atoms with Gasteiger partial charge in [0.15, 0.2) is 0 Å². The number of aromatic nitrogens is 2.